The number of nitrogens with one attached hydrogen (secondary N) is 1. The van der Waals surface area contributed by atoms with Crippen LogP contribution in [0.2, 0.25) is 0 Å². The highest BCUT2D eigenvalue weighted by Gasteiger charge is 2.21. The number of aryl methyl sites for hydroxylation is 1. The van der Waals surface area contributed by atoms with Gasteiger partial charge in [0.1, 0.15) is 5.82 Å². The first-order chi connectivity index (χ1) is 14.5. The van der Waals surface area contributed by atoms with Crippen LogP contribution in [0.25, 0.3) is 11.1 Å². The fraction of sp³-hybridized carbons (Fsp3) is 0.261. The second-order valence-corrected chi connectivity index (χ2v) is 8.14. The molecule has 0 amide bonds. The Balaban J connectivity index is 1.79. The normalized spacial score (nSPS) is 12.9. The molecule has 30 heavy (non-hydrogen) atoms. The second-order valence-electron chi connectivity index (χ2n) is 7.22. The van der Waals surface area contributed by atoms with E-state index in [1.165, 1.54) is 12.1 Å². The quantitative estimate of drug-likeness (QED) is 0.531. The average molecular weight is 472 g/mol. The molecule has 0 saturated heterocycles. The Morgan fingerprint density at radius 1 is 1.13 bits per heavy atom. The number of aliphatic imine (C=N–C) groups is 1. The molecule has 5 nitrogen and oxygen atoms in total. The predicted molar refractivity (Wildman–Crippen MR) is 120 cm³/mol. The van der Waals surface area contributed by atoms with Gasteiger partial charge in [0.05, 0.1) is 17.9 Å². The van der Waals surface area contributed by atoms with Gasteiger partial charge in [0.2, 0.25) is 0 Å². The average Bonchev–Trinajstić information content (AvgIpc) is 3.07. The van der Waals surface area contributed by atoms with Crippen molar-refractivity contribution in [2.24, 2.45) is 4.99 Å². The number of rotatable bonds is 5. The molecule has 0 bridgehead atoms. The maximum Gasteiger partial charge on any atom is 0.173 e. The summed E-state index contributed by atoms with van der Waals surface area (Å²) in [4.78, 5) is 4.98. The Kier molecular flexibility index (Phi) is 6.04. The number of fused-ring (bicyclic) bond motifs is 2. The van der Waals surface area contributed by atoms with Gasteiger partial charge in [-0.1, -0.05) is 28.1 Å². The van der Waals surface area contributed by atoms with E-state index in [2.05, 4.69) is 57.1 Å². The third kappa shape index (κ3) is 4.19. The van der Waals surface area contributed by atoms with Crippen molar-refractivity contribution in [2.45, 2.75) is 19.8 Å². The van der Waals surface area contributed by atoms with Crippen LogP contribution in [0.15, 0.2) is 58.1 Å². The summed E-state index contributed by atoms with van der Waals surface area (Å²) in [5.41, 5.74) is 6.08. The van der Waals surface area contributed by atoms with Crippen LogP contribution in [-0.4, -0.2) is 37.5 Å². The first-order valence-corrected chi connectivity index (χ1v) is 10.4. The fourth-order valence-corrected chi connectivity index (χ4v) is 4.27. The number of ether oxygens (including phenoxy) is 2. The molecule has 0 saturated carbocycles. The van der Waals surface area contributed by atoms with Gasteiger partial charge in [-0.25, -0.2) is 9.38 Å². The maximum atomic E-state index is 13.4. The summed E-state index contributed by atoms with van der Waals surface area (Å²) >= 11 is 3.60. The monoisotopic (exact) mass is 471 g/mol. The number of hydrogen-bond donors (Lipinski definition) is 1. The van der Waals surface area contributed by atoms with Crippen LogP contribution in [0, 0.1) is 12.7 Å². The summed E-state index contributed by atoms with van der Waals surface area (Å²) in [5, 5.41) is 3.38. The number of nitrogens with zero attached hydrogens (tertiary/aromatic N) is 2. The van der Waals surface area contributed by atoms with Crippen LogP contribution in [0.3, 0.4) is 0 Å². The summed E-state index contributed by atoms with van der Waals surface area (Å²) in [6.45, 7) is 3.19. The van der Waals surface area contributed by atoms with E-state index in [-0.39, 0.29) is 12.1 Å². The zero-order valence-corrected chi connectivity index (χ0v) is 18.7. The minimum Gasteiger partial charge on any atom is -0.363 e. The summed E-state index contributed by atoms with van der Waals surface area (Å²) in [5.74, 6) is 0.495. The van der Waals surface area contributed by atoms with Gasteiger partial charge >= 0.3 is 0 Å². The molecule has 156 valence electrons. The lowest BCUT2D eigenvalue weighted by molar-refractivity contribution is -0.0965. The standard InChI is InChI=1S/C23H23BrFN3O2/c1-14-8-18(24)9-17-13-28-12-16(15-4-6-19(25)7-5-15)10-20(28)23(27-22(14)17)26-11-21(29-2)30-3/h4-10,12,21H,11,13H2,1-3H3,(H,26,27). The van der Waals surface area contributed by atoms with Crippen LogP contribution in [0.1, 0.15) is 16.8 Å². The molecule has 4 rings (SSSR count). The van der Waals surface area contributed by atoms with Crippen molar-refractivity contribution in [2.75, 3.05) is 20.8 Å². The Labute approximate surface area is 183 Å². The number of halogens is 2. The first-order valence-electron chi connectivity index (χ1n) is 9.62. The highest BCUT2D eigenvalue weighted by molar-refractivity contribution is 9.10. The minimum absolute atomic E-state index is 0.247. The van der Waals surface area contributed by atoms with E-state index in [0.717, 1.165) is 43.9 Å². The predicted octanol–water partition coefficient (Wildman–Crippen LogP) is 5.01. The molecule has 0 fully saturated rings. The molecule has 1 aliphatic rings. The summed E-state index contributed by atoms with van der Waals surface area (Å²) in [7, 11) is 3.22. The highest BCUT2D eigenvalue weighted by Crippen LogP contribution is 2.33. The summed E-state index contributed by atoms with van der Waals surface area (Å²) in [6.07, 6.45) is 1.69. The van der Waals surface area contributed by atoms with Gasteiger partial charge in [0.15, 0.2) is 12.1 Å². The third-order valence-electron chi connectivity index (χ3n) is 5.19. The van der Waals surface area contributed by atoms with E-state index in [9.17, 15) is 4.39 Å². The van der Waals surface area contributed by atoms with Crippen LogP contribution in [0.5, 0.6) is 0 Å². The SMILES string of the molecule is COC(CNC1=Nc2c(C)cc(Br)cc2Cn2cc(-c3ccc(F)cc3)cc21)OC. The molecule has 7 heteroatoms. The van der Waals surface area contributed by atoms with Gasteiger partial charge in [-0.05, 0) is 53.9 Å². The fourth-order valence-electron chi connectivity index (χ4n) is 3.65. The molecule has 2 aromatic carbocycles. The smallest absolute Gasteiger partial charge is 0.173 e. The Morgan fingerprint density at radius 3 is 2.57 bits per heavy atom. The number of hydrogen-bond acceptors (Lipinski definition) is 4. The van der Waals surface area contributed by atoms with E-state index >= 15 is 0 Å². The first kappa shape index (κ1) is 20.8. The molecule has 0 spiro atoms. The van der Waals surface area contributed by atoms with Crippen molar-refractivity contribution in [3.8, 4) is 11.1 Å². The molecule has 1 aliphatic heterocycles. The van der Waals surface area contributed by atoms with Crippen molar-refractivity contribution < 1.29 is 13.9 Å². The molecule has 0 unspecified atom stereocenters. The Bertz CT molecular complexity index is 1090. The van der Waals surface area contributed by atoms with Gasteiger partial charge in [-0.2, -0.15) is 0 Å². The van der Waals surface area contributed by atoms with Crippen LogP contribution < -0.4 is 5.32 Å². The van der Waals surface area contributed by atoms with Gasteiger partial charge in [0.25, 0.3) is 0 Å². The molecule has 1 N–H and O–H groups in total. The van der Waals surface area contributed by atoms with Gasteiger partial charge in [-0.3, -0.25) is 0 Å². The molecule has 1 aromatic heterocycles. The van der Waals surface area contributed by atoms with Crippen molar-refractivity contribution in [3.63, 3.8) is 0 Å². The number of aromatic nitrogens is 1. The van der Waals surface area contributed by atoms with Crippen molar-refractivity contribution in [1.29, 1.82) is 0 Å². The summed E-state index contributed by atoms with van der Waals surface area (Å²) in [6, 6.07) is 12.8. The largest absolute Gasteiger partial charge is 0.363 e. The molecule has 2 heterocycles. The molecule has 0 aliphatic carbocycles. The molecule has 0 radical (unpaired) electrons. The lowest BCUT2D eigenvalue weighted by Gasteiger charge is -2.16. The van der Waals surface area contributed by atoms with E-state index in [1.807, 2.05) is 0 Å². The molecular weight excluding hydrogens is 449 g/mol. The van der Waals surface area contributed by atoms with Gasteiger partial charge in [0, 0.05) is 37.0 Å². The van der Waals surface area contributed by atoms with E-state index in [4.69, 9.17) is 14.5 Å². The van der Waals surface area contributed by atoms with Crippen molar-refractivity contribution in [3.05, 3.63) is 75.8 Å². The Hall–Kier alpha value is -2.48. The number of benzene rings is 2. The third-order valence-corrected chi connectivity index (χ3v) is 5.65. The lowest BCUT2D eigenvalue weighted by Crippen LogP contribution is -2.35. The lowest BCUT2D eigenvalue weighted by atomic mass is 10.1. The molecule has 0 atom stereocenters. The topological polar surface area (TPSA) is 47.8 Å². The van der Waals surface area contributed by atoms with Crippen LogP contribution in [-0.2, 0) is 16.0 Å². The molecular formula is C23H23BrFN3O2. The summed E-state index contributed by atoms with van der Waals surface area (Å²) < 4.78 is 27.2. The van der Waals surface area contributed by atoms with Gasteiger partial charge < -0.3 is 19.4 Å². The van der Waals surface area contributed by atoms with E-state index in [1.54, 1.807) is 26.4 Å². The van der Waals surface area contributed by atoms with Gasteiger partial charge in [-0.15, -0.1) is 0 Å². The Morgan fingerprint density at radius 2 is 1.87 bits per heavy atom. The highest BCUT2D eigenvalue weighted by atomic mass is 79.9. The number of methoxy groups -OCH3 is 2. The van der Waals surface area contributed by atoms with E-state index in [0.29, 0.717) is 13.1 Å². The zero-order valence-electron chi connectivity index (χ0n) is 17.1. The maximum absolute atomic E-state index is 13.4. The zero-order chi connectivity index (χ0) is 21.3. The van der Waals surface area contributed by atoms with Crippen molar-refractivity contribution >= 4 is 27.5 Å². The second kappa shape index (κ2) is 8.71. The van der Waals surface area contributed by atoms with E-state index < -0.39 is 0 Å². The van der Waals surface area contributed by atoms with Crippen LogP contribution in [0.4, 0.5) is 10.1 Å². The van der Waals surface area contributed by atoms with Crippen LogP contribution >= 0.6 is 15.9 Å². The number of amidine groups is 1. The minimum atomic E-state index is -0.388. The van der Waals surface area contributed by atoms with Crippen molar-refractivity contribution in [1.82, 2.24) is 9.88 Å². The molecule has 3 aromatic rings.